The van der Waals surface area contributed by atoms with Crippen LogP contribution < -0.4 is 11.1 Å². The zero-order valence-electron chi connectivity index (χ0n) is 9.42. The summed E-state index contributed by atoms with van der Waals surface area (Å²) in [7, 11) is 0. The van der Waals surface area contributed by atoms with Crippen LogP contribution >= 0.6 is 0 Å². The first kappa shape index (κ1) is 11.1. The molecule has 0 atom stereocenters. The van der Waals surface area contributed by atoms with Crippen molar-refractivity contribution < 1.29 is 4.79 Å². The number of amides is 1. The minimum absolute atomic E-state index is 0.118. The maximum atomic E-state index is 11.7. The fourth-order valence-corrected chi connectivity index (χ4v) is 1.40. The summed E-state index contributed by atoms with van der Waals surface area (Å²) < 4.78 is 1.48. The van der Waals surface area contributed by atoms with Crippen LogP contribution in [-0.4, -0.2) is 20.7 Å². The summed E-state index contributed by atoms with van der Waals surface area (Å²) in [5.41, 5.74) is 6.96. The topological polar surface area (TPSA) is 85.8 Å². The van der Waals surface area contributed by atoms with E-state index in [1.807, 2.05) is 19.1 Å². The number of nitrogen functional groups attached to an aromatic ring is 1. The standard InChI is InChI=1S/C11H13N5O/c1-8-3-2-4-13-11(8)15-10(17)7-16-6-9(12)5-14-16/h2-6H,7,12H2,1H3,(H,13,15,17). The summed E-state index contributed by atoms with van der Waals surface area (Å²) >= 11 is 0. The number of anilines is 2. The Hall–Kier alpha value is -2.37. The van der Waals surface area contributed by atoms with Gasteiger partial charge in [-0.1, -0.05) is 6.07 Å². The molecule has 2 heterocycles. The maximum Gasteiger partial charge on any atom is 0.247 e. The smallest absolute Gasteiger partial charge is 0.247 e. The Bertz CT molecular complexity index is 534. The maximum absolute atomic E-state index is 11.7. The quantitative estimate of drug-likeness (QED) is 0.818. The van der Waals surface area contributed by atoms with Crippen molar-refractivity contribution in [3.63, 3.8) is 0 Å². The molecule has 0 radical (unpaired) electrons. The predicted octanol–water partition coefficient (Wildman–Crippen LogP) is 0.807. The summed E-state index contributed by atoms with van der Waals surface area (Å²) in [6.07, 6.45) is 4.73. The predicted molar refractivity (Wildman–Crippen MR) is 64.2 cm³/mol. The number of aromatic nitrogens is 3. The lowest BCUT2D eigenvalue weighted by Crippen LogP contribution is -2.20. The Kier molecular flexibility index (Phi) is 3.04. The van der Waals surface area contributed by atoms with E-state index in [9.17, 15) is 4.79 Å². The van der Waals surface area contributed by atoms with Gasteiger partial charge in [0.25, 0.3) is 0 Å². The number of carbonyl (C=O) groups excluding carboxylic acids is 1. The molecule has 0 aliphatic rings. The van der Waals surface area contributed by atoms with Gasteiger partial charge in [-0.25, -0.2) is 4.98 Å². The first-order valence-electron chi connectivity index (χ1n) is 5.14. The van der Waals surface area contributed by atoms with E-state index in [4.69, 9.17) is 5.73 Å². The summed E-state index contributed by atoms with van der Waals surface area (Å²) in [4.78, 5) is 15.8. The number of rotatable bonds is 3. The summed E-state index contributed by atoms with van der Waals surface area (Å²) in [5, 5.41) is 6.65. The van der Waals surface area contributed by atoms with Gasteiger partial charge in [-0.15, -0.1) is 0 Å². The molecule has 0 saturated heterocycles. The van der Waals surface area contributed by atoms with Crippen molar-refractivity contribution >= 4 is 17.4 Å². The van der Waals surface area contributed by atoms with Crippen LogP contribution in [0.3, 0.4) is 0 Å². The Labute approximate surface area is 98.5 Å². The molecule has 2 aromatic rings. The molecule has 3 N–H and O–H groups in total. The lowest BCUT2D eigenvalue weighted by Gasteiger charge is -2.06. The van der Waals surface area contributed by atoms with E-state index in [0.29, 0.717) is 11.5 Å². The highest BCUT2D eigenvalue weighted by Crippen LogP contribution is 2.09. The Balaban J connectivity index is 2.01. The van der Waals surface area contributed by atoms with Gasteiger partial charge < -0.3 is 11.1 Å². The summed E-state index contributed by atoms with van der Waals surface area (Å²) in [6, 6.07) is 3.70. The van der Waals surface area contributed by atoms with Gasteiger partial charge in [-0.2, -0.15) is 5.10 Å². The average Bonchev–Trinajstić information content (AvgIpc) is 2.67. The number of hydrogen-bond donors (Lipinski definition) is 2. The van der Waals surface area contributed by atoms with Crippen molar-refractivity contribution in [2.45, 2.75) is 13.5 Å². The van der Waals surface area contributed by atoms with Crippen molar-refractivity contribution in [2.24, 2.45) is 0 Å². The summed E-state index contributed by atoms with van der Waals surface area (Å²) in [5.74, 6) is 0.382. The second-order valence-electron chi connectivity index (χ2n) is 3.69. The lowest BCUT2D eigenvalue weighted by molar-refractivity contribution is -0.116. The SMILES string of the molecule is Cc1cccnc1NC(=O)Cn1cc(N)cn1. The van der Waals surface area contributed by atoms with E-state index >= 15 is 0 Å². The van der Waals surface area contributed by atoms with E-state index in [2.05, 4.69) is 15.4 Å². The third kappa shape index (κ3) is 2.81. The highest BCUT2D eigenvalue weighted by atomic mass is 16.2. The van der Waals surface area contributed by atoms with Crippen LogP contribution in [-0.2, 0) is 11.3 Å². The van der Waals surface area contributed by atoms with E-state index in [-0.39, 0.29) is 12.5 Å². The van der Waals surface area contributed by atoms with Crippen LogP contribution in [0.1, 0.15) is 5.56 Å². The Morgan fingerprint density at radius 2 is 2.41 bits per heavy atom. The zero-order chi connectivity index (χ0) is 12.3. The van der Waals surface area contributed by atoms with Gasteiger partial charge in [0.2, 0.25) is 5.91 Å². The molecule has 6 heteroatoms. The van der Waals surface area contributed by atoms with Crippen LogP contribution in [0.4, 0.5) is 11.5 Å². The van der Waals surface area contributed by atoms with E-state index in [1.165, 1.54) is 10.9 Å². The molecule has 88 valence electrons. The monoisotopic (exact) mass is 231 g/mol. The Morgan fingerprint density at radius 1 is 1.59 bits per heavy atom. The molecule has 0 bridgehead atoms. The highest BCUT2D eigenvalue weighted by Gasteiger charge is 2.06. The van der Waals surface area contributed by atoms with Crippen LogP contribution in [0, 0.1) is 6.92 Å². The van der Waals surface area contributed by atoms with Crippen LogP contribution in [0.5, 0.6) is 0 Å². The molecule has 0 saturated carbocycles. The summed E-state index contributed by atoms with van der Waals surface area (Å²) in [6.45, 7) is 2.00. The molecular weight excluding hydrogens is 218 g/mol. The van der Waals surface area contributed by atoms with Gasteiger partial charge in [0.05, 0.1) is 11.9 Å². The second kappa shape index (κ2) is 4.65. The number of nitrogens with two attached hydrogens (primary N) is 1. The number of hydrogen-bond acceptors (Lipinski definition) is 4. The highest BCUT2D eigenvalue weighted by molar-refractivity contribution is 5.90. The molecule has 0 aliphatic carbocycles. The molecule has 6 nitrogen and oxygen atoms in total. The second-order valence-corrected chi connectivity index (χ2v) is 3.69. The van der Waals surface area contributed by atoms with Gasteiger partial charge in [0.1, 0.15) is 12.4 Å². The van der Waals surface area contributed by atoms with Gasteiger partial charge in [-0.05, 0) is 18.6 Å². The minimum atomic E-state index is -0.185. The van der Waals surface area contributed by atoms with Crippen molar-refractivity contribution in [2.75, 3.05) is 11.1 Å². The molecule has 0 aliphatic heterocycles. The number of carbonyl (C=O) groups is 1. The first-order chi connectivity index (χ1) is 8.15. The van der Waals surface area contributed by atoms with Gasteiger partial charge >= 0.3 is 0 Å². The third-order valence-corrected chi connectivity index (χ3v) is 2.23. The van der Waals surface area contributed by atoms with Crippen molar-refractivity contribution in [1.82, 2.24) is 14.8 Å². The average molecular weight is 231 g/mol. The molecule has 0 fully saturated rings. The number of nitrogens with zero attached hydrogens (tertiary/aromatic N) is 3. The molecule has 0 spiro atoms. The van der Waals surface area contributed by atoms with Gasteiger partial charge in [-0.3, -0.25) is 9.48 Å². The fourth-order valence-electron chi connectivity index (χ4n) is 1.40. The molecule has 0 unspecified atom stereocenters. The number of aryl methyl sites for hydroxylation is 1. The van der Waals surface area contributed by atoms with E-state index < -0.39 is 0 Å². The minimum Gasteiger partial charge on any atom is -0.396 e. The normalized spacial score (nSPS) is 10.2. The fraction of sp³-hybridized carbons (Fsp3) is 0.182. The van der Waals surface area contributed by atoms with Crippen molar-refractivity contribution in [3.05, 3.63) is 36.3 Å². The molecule has 2 rings (SSSR count). The lowest BCUT2D eigenvalue weighted by atomic mass is 10.3. The zero-order valence-corrected chi connectivity index (χ0v) is 9.42. The molecule has 0 aromatic carbocycles. The van der Waals surface area contributed by atoms with E-state index in [0.717, 1.165) is 5.56 Å². The molecule has 2 aromatic heterocycles. The van der Waals surface area contributed by atoms with Crippen molar-refractivity contribution in [3.8, 4) is 0 Å². The first-order valence-corrected chi connectivity index (χ1v) is 5.14. The van der Waals surface area contributed by atoms with Crippen LogP contribution in [0.25, 0.3) is 0 Å². The molecule has 17 heavy (non-hydrogen) atoms. The molecule has 1 amide bonds. The van der Waals surface area contributed by atoms with E-state index in [1.54, 1.807) is 12.4 Å². The van der Waals surface area contributed by atoms with Crippen LogP contribution in [0.15, 0.2) is 30.7 Å². The molecular formula is C11H13N5O. The Morgan fingerprint density at radius 3 is 3.06 bits per heavy atom. The largest absolute Gasteiger partial charge is 0.396 e. The van der Waals surface area contributed by atoms with Crippen molar-refractivity contribution in [1.29, 1.82) is 0 Å². The number of pyridine rings is 1. The number of nitrogens with one attached hydrogen (secondary N) is 1. The van der Waals surface area contributed by atoms with Gasteiger partial charge in [0.15, 0.2) is 0 Å². The third-order valence-electron chi connectivity index (χ3n) is 2.23. The van der Waals surface area contributed by atoms with Crippen LogP contribution in [0.2, 0.25) is 0 Å². The van der Waals surface area contributed by atoms with Gasteiger partial charge in [0, 0.05) is 12.4 Å².